The van der Waals surface area contributed by atoms with Crippen molar-refractivity contribution in [1.82, 2.24) is 25.4 Å². The van der Waals surface area contributed by atoms with Crippen LogP contribution in [0.3, 0.4) is 0 Å². The summed E-state index contributed by atoms with van der Waals surface area (Å²) in [6, 6.07) is 10.8. The van der Waals surface area contributed by atoms with Crippen molar-refractivity contribution in [3.8, 4) is 17.1 Å². The molecule has 3 aromatic rings. The van der Waals surface area contributed by atoms with E-state index in [-0.39, 0.29) is 23.4 Å². The molecular formula is C25H27Cl2N5O3. The summed E-state index contributed by atoms with van der Waals surface area (Å²) >= 11 is 12.3. The Hall–Kier alpha value is -3.10. The van der Waals surface area contributed by atoms with Crippen LogP contribution in [0.15, 0.2) is 42.6 Å². The van der Waals surface area contributed by atoms with Crippen molar-refractivity contribution >= 4 is 35.0 Å². The fourth-order valence-corrected chi connectivity index (χ4v) is 4.85. The van der Waals surface area contributed by atoms with Gasteiger partial charge in [-0.1, -0.05) is 35.3 Å². The number of methoxy groups -OCH3 is 1. The number of hydrogen-bond donors (Lipinski definition) is 2. The molecule has 0 aliphatic carbocycles. The Morgan fingerprint density at radius 1 is 1.26 bits per heavy atom. The quantitative estimate of drug-likeness (QED) is 0.493. The number of ether oxygens (including phenoxy) is 1. The zero-order valence-electron chi connectivity index (χ0n) is 19.8. The van der Waals surface area contributed by atoms with Crippen molar-refractivity contribution < 1.29 is 14.3 Å². The van der Waals surface area contributed by atoms with Gasteiger partial charge in [0.15, 0.2) is 5.69 Å². The molecule has 0 radical (unpaired) electrons. The van der Waals surface area contributed by atoms with Crippen LogP contribution in [0.1, 0.15) is 42.7 Å². The molecule has 0 bridgehead atoms. The molecule has 1 aliphatic rings. The molecule has 1 saturated heterocycles. The van der Waals surface area contributed by atoms with Crippen LogP contribution in [0, 0.1) is 5.92 Å². The molecule has 1 aromatic carbocycles. The molecule has 35 heavy (non-hydrogen) atoms. The summed E-state index contributed by atoms with van der Waals surface area (Å²) in [4.78, 5) is 32.0. The standard InChI is InChI=1S/C25H27Cl2N5O3/c1-25(2)12-16(23(33)29-13-15-5-4-6-17(26)9-15)7-8-32(25)24(34)21-11-20(30-31-21)18-10-22(35-3)28-14-19(18)27/h4-6,9-11,14,16H,7-8,12-13H2,1-3H3,(H,29,33)(H,30,31)/t16-/m1/s1. The number of amides is 2. The zero-order chi connectivity index (χ0) is 25.2. The van der Waals surface area contributed by atoms with Gasteiger partial charge in [0.1, 0.15) is 0 Å². The number of carbonyl (C=O) groups is 2. The van der Waals surface area contributed by atoms with Crippen LogP contribution in [0.5, 0.6) is 5.88 Å². The van der Waals surface area contributed by atoms with E-state index in [9.17, 15) is 9.59 Å². The molecule has 3 heterocycles. The summed E-state index contributed by atoms with van der Waals surface area (Å²) < 4.78 is 5.17. The molecule has 10 heteroatoms. The summed E-state index contributed by atoms with van der Waals surface area (Å²) in [5.41, 5.74) is 1.93. The van der Waals surface area contributed by atoms with E-state index in [1.165, 1.54) is 13.3 Å². The first kappa shape index (κ1) is 25.0. The summed E-state index contributed by atoms with van der Waals surface area (Å²) in [7, 11) is 1.52. The van der Waals surface area contributed by atoms with Gasteiger partial charge >= 0.3 is 0 Å². The molecule has 1 atom stereocenters. The molecule has 8 nitrogen and oxygen atoms in total. The van der Waals surface area contributed by atoms with Crippen LogP contribution in [-0.2, 0) is 11.3 Å². The van der Waals surface area contributed by atoms with E-state index < -0.39 is 5.54 Å². The van der Waals surface area contributed by atoms with Gasteiger partial charge in [0, 0.05) is 41.2 Å². The van der Waals surface area contributed by atoms with E-state index in [0.717, 1.165) is 5.56 Å². The molecule has 0 unspecified atom stereocenters. The van der Waals surface area contributed by atoms with Gasteiger partial charge in [0.05, 0.1) is 24.0 Å². The van der Waals surface area contributed by atoms with E-state index in [0.29, 0.717) is 53.1 Å². The number of nitrogens with zero attached hydrogens (tertiary/aromatic N) is 3. The maximum Gasteiger partial charge on any atom is 0.274 e. The number of H-pyrrole nitrogens is 1. The number of carbonyl (C=O) groups excluding carboxylic acids is 2. The van der Waals surface area contributed by atoms with Crippen LogP contribution in [0.25, 0.3) is 11.3 Å². The predicted octanol–water partition coefficient (Wildman–Crippen LogP) is 4.73. The van der Waals surface area contributed by atoms with Gasteiger partial charge in [-0.15, -0.1) is 0 Å². The SMILES string of the molecule is COc1cc(-c2cc(C(=O)N3CC[C@@H](C(=O)NCc4cccc(Cl)c4)CC3(C)C)n[nH]2)c(Cl)cn1. The largest absolute Gasteiger partial charge is 0.481 e. The Morgan fingerprint density at radius 3 is 2.77 bits per heavy atom. The van der Waals surface area contributed by atoms with Crippen molar-refractivity contribution in [2.24, 2.45) is 5.92 Å². The number of rotatable bonds is 6. The average Bonchev–Trinajstić information content (AvgIpc) is 3.32. The zero-order valence-corrected chi connectivity index (χ0v) is 21.3. The van der Waals surface area contributed by atoms with E-state index in [4.69, 9.17) is 27.9 Å². The number of halogens is 2. The Kier molecular flexibility index (Phi) is 7.33. The Labute approximate surface area is 214 Å². The number of aromatic nitrogens is 3. The number of piperidine rings is 1. The Bertz CT molecular complexity index is 1240. The van der Waals surface area contributed by atoms with Crippen LogP contribution in [0.2, 0.25) is 10.0 Å². The molecule has 2 amide bonds. The monoisotopic (exact) mass is 515 g/mol. The number of aromatic amines is 1. The molecular weight excluding hydrogens is 489 g/mol. The van der Waals surface area contributed by atoms with Gasteiger partial charge in [-0.3, -0.25) is 14.7 Å². The third-order valence-corrected chi connectivity index (χ3v) is 6.81. The number of nitrogens with one attached hydrogen (secondary N) is 2. The molecule has 0 saturated carbocycles. The van der Waals surface area contributed by atoms with Crippen LogP contribution in [-0.4, -0.2) is 51.1 Å². The summed E-state index contributed by atoms with van der Waals surface area (Å²) in [6.45, 7) is 4.81. The second kappa shape index (κ2) is 10.3. The highest BCUT2D eigenvalue weighted by Crippen LogP contribution is 2.34. The van der Waals surface area contributed by atoms with Crippen molar-refractivity contribution in [2.75, 3.05) is 13.7 Å². The van der Waals surface area contributed by atoms with Crippen LogP contribution < -0.4 is 10.1 Å². The topological polar surface area (TPSA) is 100 Å². The highest BCUT2D eigenvalue weighted by atomic mass is 35.5. The summed E-state index contributed by atoms with van der Waals surface area (Å²) in [6.07, 6.45) is 2.61. The van der Waals surface area contributed by atoms with Gasteiger partial charge in [0.25, 0.3) is 5.91 Å². The third kappa shape index (κ3) is 5.60. The van der Waals surface area contributed by atoms with E-state index in [1.54, 1.807) is 23.1 Å². The Morgan fingerprint density at radius 2 is 2.06 bits per heavy atom. The normalized spacial score (nSPS) is 17.2. The molecule has 4 rings (SSSR count). The minimum absolute atomic E-state index is 0.0199. The molecule has 1 aliphatic heterocycles. The number of hydrogen-bond acceptors (Lipinski definition) is 5. The van der Waals surface area contributed by atoms with Crippen LogP contribution >= 0.6 is 23.2 Å². The fraction of sp³-hybridized carbons (Fsp3) is 0.360. The predicted molar refractivity (Wildman–Crippen MR) is 135 cm³/mol. The lowest BCUT2D eigenvalue weighted by atomic mass is 9.82. The molecule has 0 spiro atoms. The fourth-order valence-electron chi connectivity index (χ4n) is 4.43. The maximum atomic E-state index is 13.3. The van der Waals surface area contributed by atoms with Gasteiger partial charge in [-0.25, -0.2) is 4.98 Å². The van der Waals surface area contributed by atoms with Crippen molar-refractivity contribution in [3.63, 3.8) is 0 Å². The molecule has 184 valence electrons. The van der Waals surface area contributed by atoms with Gasteiger partial charge in [0.2, 0.25) is 11.8 Å². The highest BCUT2D eigenvalue weighted by Gasteiger charge is 2.40. The minimum atomic E-state index is -0.524. The lowest BCUT2D eigenvalue weighted by Gasteiger charge is -2.45. The average molecular weight is 516 g/mol. The highest BCUT2D eigenvalue weighted by molar-refractivity contribution is 6.33. The Balaban J connectivity index is 1.42. The van der Waals surface area contributed by atoms with Gasteiger partial charge in [-0.05, 0) is 50.5 Å². The maximum absolute atomic E-state index is 13.3. The first-order chi connectivity index (χ1) is 16.7. The van der Waals surface area contributed by atoms with Crippen LogP contribution in [0.4, 0.5) is 0 Å². The number of pyridine rings is 1. The lowest BCUT2D eigenvalue weighted by molar-refractivity contribution is -0.128. The summed E-state index contributed by atoms with van der Waals surface area (Å²) in [5.74, 6) is -0.00398. The molecule has 1 fully saturated rings. The van der Waals surface area contributed by atoms with Crippen molar-refractivity contribution in [1.29, 1.82) is 0 Å². The molecule has 2 aromatic heterocycles. The van der Waals surface area contributed by atoms with E-state index >= 15 is 0 Å². The third-order valence-electron chi connectivity index (χ3n) is 6.28. The van der Waals surface area contributed by atoms with Gasteiger partial charge in [-0.2, -0.15) is 5.10 Å². The summed E-state index contributed by atoms with van der Waals surface area (Å²) in [5, 5.41) is 11.2. The van der Waals surface area contributed by atoms with E-state index in [2.05, 4.69) is 20.5 Å². The number of benzene rings is 1. The lowest BCUT2D eigenvalue weighted by Crippen LogP contribution is -2.55. The second-order valence-corrected chi connectivity index (χ2v) is 10.0. The minimum Gasteiger partial charge on any atom is -0.481 e. The smallest absolute Gasteiger partial charge is 0.274 e. The van der Waals surface area contributed by atoms with Gasteiger partial charge < -0.3 is 15.0 Å². The van der Waals surface area contributed by atoms with Crippen molar-refractivity contribution in [3.05, 3.63) is 63.9 Å². The first-order valence-electron chi connectivity index (χ1n) is 11.3. The van der Waals surface area contributed by atoms with Crippen molar-refractivity contribution in [2.45, 2.75) is 38.8 Å². The number of likely N-dealkylation sites (tertiary alicyclic amines) is 1. The second-order valence-electron chi connectivity index (χ2n) is 9.18. The van der Waals surface area contributed by atoms with E-state index in [1.807, 2.05) is 32.0 Å². The first-order valence-corrected chi connectivity index (χ1v) is 12.0. The molecule has 2 N–H and O–H groups in total.